The largest absolute Gasteiger partial charge is 0.462 e. The molecule has 8 heteroatoms. The van der Waals surface area contributed by atoms with E-state index in [2.05, 4.69) is 10.0 Å². The highest BCUT2D eigenvalue weighted by Crippen LogP contribution is 2.36. The molecule has 1 aliphatic heterocycles. The second kappa shape index (κ2) is 6.65. The number of sulfonamides is 1. The minimum absolute atomic E-state index is 0.0686. The summed E-state index contributed by atoms with van der Waals surface area (Å²) < 4.78 is 33.3. The van der Waals surface area contributed by atoms with Gasteiger partial charge < -0.3 is 10.1 Å². The van der Waals surface area contributed by atoms with E-state index in [1.54, 1.807) is 31.2 Å². The van der Waals surface area contributed by atoms with Crippen molar-refractivity contribution < 1.29 is 22.7 Å². The van der Waals surface area contributed by atoms with Crippen LogP contribution in [0.2, 0.25) is 0 Å². The van der Waals surface area contributed by atoms with Gasteiger partial charge in [-0.2, -0.15) is 0 Å². The van der Waals surface area contributed by atoms with Crippen molar-refractivity contribution >= 4 is 44.0 Å². The van der Waals surface area contributed by atoms with E-state index >= 15 is 0 Å². The highest BCUT2D eigenvalue weighted by molar-refractivity contribution is 7.93. The van der Waals surface area contributed by atoms with Crippen molar-refractivity contribution in [3.05, 3.63) is 65.7 Å². The lowest BCUT2D eigenvalue weighted by atomic mass is 10.1. The Morgan fingerprint density at radius 3 is 2.54 bits per heavy atom. The molecule has 4 rings (SSSR count). The van der Waals surface area contributed by atoms with Crippen LogP contribution in [0, 0.1) is 0 Å². The first-order valence-corrected chi connectivity index (χ1v) is 10.1. The quantitative estimate of drug-likeness (QED) is 0.644. The highest BCUT2D eigenvalue weighted by atomic mass is 32.2. The number of carbonyl (C=O) groups is 2. The molecule has 0 saturated carbocycles. The Labute approximate surface area is 161 Å². The average Bonchev–Trinajstić information content (AvgIpc) is 3.00. The smallest absolute Gasteiger partial charge is 0.338 e. The standard InChI is InChI=1S/C20H16N2O5S/c1-2-27-20(24)12-6-8-13(9-7-12)22-28(25,26)17-11-10-16-18-14(17)4-3-5-15(18)19(23)21-16/h3-11,22H,2H2,1H3,(H,21,23). The highest BCUT2D eigenvalue weighted by Gasteiger charge is 2.26. The molecule has 3 aromatic carbocycles. The van der Waals surface area contributed by atoms with Crippen LogP contribution in [-0.4, -0.2) is 26.9 Å². The molecule has 0 unspecified atom stereocenters. The SMILES string of the molecule is CCOC(=O)c1ccc(NS(=O)(=O)c2ccc3c4c(cccc24)C(=O)N3)cc1. The number of anilines is 2. The molecule has 28 heavy (non-hydrogen) atoms. The molecule has 3 aromatic rings. The van der Waals surface area contributed by atoms with Gasteiger partial charge in [0.2, 0.25) is 0 Å². The second-order valence-corrected chi connectivity index (χ2v) is 7.85. The zero-order chi connectivity index (χ0) is 19.9. The van der Waals surface area contributed by atoms with Crippen molar-refractivity contribution in [2.45, 2.75) is 11.8 Å². The van der Waals surface area contributed by atoms with E-state index < -0.39 is 16.0 Å². The fourth-order valence-corrected chi connectivity index (χ4v) is 4.46. The first-order valence-electron chi connectivity index (χ1n) is 8.58. The maximum atomic E-state index is 13.0. The van der Waals surface area contributed by atoms with Gasteiger partial charge in [0, 0.05) is 27.7 Å². The molecule has 2 N–H and O–H groups in total. The molecule has 0 radical (unpaired) electrons. The van der Waals surface area contributed by atoms with Gasteiger partial charge in [-0.15, -0.1) is 0 Å². The van der Waals surface area contributed by atoms with Crippen LogP contribution >= 0.6 is 0 Å². The van der Waals surface area contributed by atoms with Crippen LogP contribution in [0.25, 0.3) is 10.8 Å². The van der Waals surface area contributed by atoms with Gasteiger partial charge in [-0.05, 0) is 49.4 Å². The van der Waals surface area contributed by atoms with Crippen LogP contribution in [0.5, 0.6) is 0 Å². The normalized spacial score (nSPS) is 12.7. The Hall–Kier alpha value is -3.39. The second-order valence-electron chi connectivity index (χ2n) is 6.20. The Morgan fingerprint density at radius 2 is 1.82 bits per heavy atom. The molecular formula is C20H16N2O5S. The lowest BCUT2D eigenvalue weighted by molar-refractivity contribution is 0.0526. The summed E-state index contributed by atoms with van der Waals surface area (Å²) in [5, 5.41) is 3.78. The molecule has 7 nitrogen and oxygen atoms in total. The van der Waals surface area contributed by atoms with Crippen LogP contribution < -0.4 is 10.0 Å². The number of esters is 1. The predicted molar refractivity (Wildman–Crippen MR) is 105 cm³/mol. The summed E-state index contributed by atoms with van der Waals surface area (Å²) in [5.41, 5.74) is 1.68. The first kappa shape index (κ1) is 18.0. The van der Waals surface area contributed by atoms with Crippen LogP contribution in [0.15, 0.2) is 59.5 Å². The third-order valence-corrected chi connectivity index (χ3v) is 5.87. The first-order chi connectivity index (χ1) is 13.4. The summed E-state index contributed by atoms with van der Waals surface area (Å²) in [6.07, 6.45) is 0. The fourth-order valence-electron chi connectivity index (χ4n) is 3.20. The maximum Gasteiger partial charge on any atom is 0.338 e. The average molecular weight is 396 g/mol. The van der Waals surface area contributed by atoms with Gasteiger partial charge in [0.15, 0.2) is 0 Å². The number of amides is 1. The molecule has 0 bridgehead atoms. The number of rotatable bonds is 5. The van der Waals surface area contributed by atoms with E-state index in [4.69, 9.17) is 4.74 Å². The molecule has 1 amide bonds. The van der Waals surface area contributed by atoms with Crippen LogP contribution in [0.3, 0.4) is 0 Å². The number of carbonyl (C=O) groups excluding carboxylic acids is 2. The van der Waals surface area contributed by atoms with Gasteiger partial charge in [-0.25, -0.2) is 13.2 Å². The maximum absolute atomic E-state index is 13.0. The molecular weight excluding hydrogens is 380 g/mol. The van der Waals surface area contributed by atoms with E-state index in [1.807, 2.05) is 0 Å². The van der Waals surface area contributed by atoms with E-state index in [1.165, 1.54) is 30.3 Å². The Balaban J connectivity index is 1.70. The zero-order valence-corrected chi connectivity index (χ0v) is 15.7. The molecule has 0 aromatic heterocycles. The van der Waals surface area contributed by atoms with Crippen LogP contribution in [0.4, 0.5) is 11.4 Å². The molecule has 142 valence electrons. The molecule has 1 aliphatic rings. The minimum atomic E-state index is -3.91. The number of hydrogen-bond acceptors (Lipinski definition) is 5. The van der Waals surface area contributed by atoms with E-state index in [9.17, 15) is 18.0 Å². The van der Waals surface area contributed by atoms with Crippen molar-refractivity contribution in [2.24, 2.45) is 0 Å². The molecule has 0 saturated heterocycles. The van der Waals surface area contributed by atoms with Crippen molar-refractivity contribution in [2.75, 3.05) is 16.6 Å². The lowest BCUT2D eigenvalue weighted by Crippen LogP contribution is -2.13. The number of hydrogen-bond donors (Lipinski definition) is 2. The third kappa shape index (κ3) is 2.97. The topological polar surface area (TPSA) is 102 Å². The number of nitrogens with one attached hydrogen (secondary N) is 2. The van der Waals surface area contributed by atoms with Gasteiger partial charge in [-0.3, -0.25) is 9.52 Å². The minimum Gasteiger partial charge on any atom is -0.462 e. The number of ether oxygens (including phenoxy) is 1. The zero-order valence-electron chi connectivity index (χ0n) is 14.9. The Morgan fingerprint density at radius 1 is 1.07 bits per heavy atom. The van der Waals surface area contributed by atoms with E-state index in [-0.39, 0.29) is 17.4 Å². The lowest BCUT2D eigenvalue weighted by Gasteiger charge is -2.12. The monoisotopic (exact) mass is 396 g/mol. The van der Waals surface area contributed by atoms with Gasteiger partial charge in [0.25, 0.3) is 15.9 Å². The van der Waals surface area contributed by atoms with E-state index in [0.717, 1.165) is 0 Å². The molecule has 0 atom stereocenters. The van der Waals surface area contributed by atoms with Gasteiger partial charge in [0.1, 0.15) is 0 Å². The number of benzene rings is 3. The summed E-state index contributed by atoms with van der Waals surface area (Å²) in [6, 6.07) is 14.0. The van der Waals surface area contributed by atoms with Crippen molar-refractivity contribution in [3.8, 4) is 0 Å². The summed E-state index contributed by atoms with van der Waals surface area (Å²) in [4.78, 5) is 23.8. The molecule has 1 heterocycles. The van der Waals surface area contributed by atoms with Gasteiger partial charge in [0.05, 0.1) is 17.1 Å². The van der Waals surface area contributed by atoms with Crippen molar-refractivity contribution in [1.29, 1.82) is 0 Å². The van der Waals surface area contributed by atoms with Gasteiger partial charge in [-0.1, -0.05) is 12.1 Å². The molecule has 0 fully saturated rings. The summed E-state index contributed by atoms with van der Waals surface area (Å²) in [5.74, 6) is -0.723. The summed E-state index contributed by atoms with van der Waals surface area (Å²) in [7, 11) is -3.91. The Bertz CT molecular complexity index is 1220. The van der Waals surface area contributed by atoms with E-state index in [0.29, 0.717) is 33.3 Å². The van der Waals surface area contributed by atoms with Crippen molar-refractivity contribution in [1.82, 2.24) is 0 Å². The summed E-state index contributed by atoms with van der Waals surface area (Å²) in [6.45, 7) is 1.97. The van der Waals surface area contributed by atoms with Crippen LogP contribution in [0.1, 0.15) is 27.6 Å². The van der Waals surface area contributed by atoms with Gasteiger partial charge >= 0.3 is 5.97 Å². The predicted octanol–water partition coefficient (Wildman–Crippen LogP) is 3.38. The fraction of sp³-hybridized carbons (Fsp3) is 0.100. The third-order valence-electron chi connectivity index (χ3n) is 4.43. The molecule has 0 spiro atoms. The molecule has 0 aliphatic carbocycles. The Kier molecular flexibility index (Phi) is 4.27. The van der Waals surface area contributed by atoms with Crippen LogP contribution in [-0.2, 0) is 14.8 Å². The summed E-state index contributed by atoms with van der Waals surface area (Å²) >= 11 is 0. The van der Waals surface area contributed by atoms with Crippen molar-refractivity contribution in [3.63, 3.8) is 0 Å².